The van der Waals surface area contributed by atoms with Gasteiger partial charge in [0.1, 0.15) is 0 Å². The van der Waals surface area contributed by atoms with Gasteiger partial charge in [-0.05, 0) is 91.8 Å². The summed E-state index contributed by atoms with van der Waals surface area (Å²) in [7, 11) is 0. The molecule has 0 saturated heterocycles. The highest BCUT2D eigenvalue weighted by Gasteiger charge is 2.60. The van der Waals surface area contributed by atoms with E-state index in [1.54, 1.807) is 0 Å². The van der Waals surface area contributed by atoms with Crippen LogP contribution in [0.5, 0.6) is 0 Å². The molecule has 4 rings (SSSR count). The van der Waals surface area contributed by atoms with Crippen LogP contribution in [0.15, 0.2) is 0 Å². The summed E-state index contributed by atoms with van der Waals surface area (Å²) in [6, 6.07) is 0. The predicted molar refractivity (Wildman–Crippen MR) is 91.9 cm³/mol. The van der Waals surface area contributed by atoms with Gasteiger partial charge in [0.2, 0.25) is 0 Å². The molecule has 0 aromatic rings. The minimum atomic E-state index is -0.0716. The lowest BCUT2D eigenvalue weighted by molar-refractivity contribution is -0.137. The molecule has 126 valence electrons. The fourth-order valence-corrected chi connectivity index (χ4v) is 7.83. The maximum atomic E-state index is 10.5. The first-order valence-corrected chi connectivity index (χ1v) is 10.1. The SMILES string of the molecule is CC1CC2CC[C@@H]3[C@@H](CC[C@]4(C)C(Cl)CC[C@@H]34)[C@@]2(C)CC1O. The van der Waals surface area contributed by atoms with E-state index in [2.05, 4.69) is 20.8 Å². The van der Waals surface area contributed by atoms with E-state index in [-0.39, 0.29) is 6.10 Å². The molecule has 4 saturated carbocycles. The minimum Gasteiger partial charge on any atom is -0.393 e. The van der Waals surface area contributed by atoms with Crippen molar-refractivity contribution in [3.8, 4) is 0 Å². The van der Waals surface area contributed by atoms with Crippen molar-refractivity contribution in [3.05, 3.63) is 0 Å². The average molecular weight is 325 g/mol. The van der Waals surface area contributed by atoms with Crippen LogP contribution in [0.3, 0.4) is 0 Å². The van der Waals surface area contributed by atoms with E-state index in [1.807, 2.05) is 0 Å². The molecule has 0 amide bonds. The molecule has 22 heavy (non-hydrogen) atoms. The predicted octanol–water partition coefficient (Wildman–Crippen LogP) is 5.24. The van der Waals surface area contributed by atoms with Gasteiger partial charge in [0.15, 0.2) is 0 Å². The Morgan fingerprint density at radius 2 is 1.68 bits per heavy atom. The number of halogens is 1. The smallest absolute Gasteiger partial charge is 0.0571 e. The van der Waals surface area contributed by atoms with Gasteiger partial charge in [0, 0.05) is 5.38 Å². The number of aliphatic hydroxyl groups is 1. The van der Waals surface area contributed by atoms with E-state index in [4.69, 9.17) is 11.6 Å². The number of fused-ring (bicyclic) bond motifs is 5. The summed E-state index contributed by atoms with van der Waals surface area (Å²) in [4.78, 5) is 0. The topological polar surface area (TPSA) is 20.2 Å². The van der Waals surface area contributed by atoms with Crippen molar-refractivity contribution >= 4 is 11.6 Å². The van der Waals surface area contributed by atoms with Crippen LogP contribution in [-0.2, 0) is 0 Å². The third kappa shape index (κ3) is 2.00. The van der Waals surface area contributed by atoms with Gasteiger partial charge in [-0.25, -0.2) is 0 Å². The molecule has 0 radical (unpaired) electrons. The summed E-state index contributed by atoms with van der Waals surface area (Å²) >= 11 is 6.73. The third-order valence-corrected chi connectivity index (χ3v) is 9.63. The Balaban J connectivity index is 1.63. The van der Waals surface area contributed by atoms with Gasteiger partial charge < -0.3 is 5.11 Å². The molecular weight excluding hydrogens is 292 g/mol. The molecule has 9 atom stereocenters. The Kier molecular flexibility index (Phi) is 3.67. The zero-order valence-corrected chi connectivity index (χ0v) is 15.3. The lowest BCUT2D eigenvalue weighted by atomic mass is 9.44. The normalized spacial score (nSPS) is 61.2. The molecule has 0 aromatic heterocycles. The van der Waals surface area contributed by atoms with Gasteiger partial charge in [0.25, 0.3) is 0 Å². The highest BCUT2D eigenvalue weighted by Crippen LogP contribution is 2.67. The van der Waals surface area contributed by atoms with Crippen molar-refractivity contribution in [3.63, 3.8) is 0 Å². The molecular formula is C20H33ClO. The molecule has 4 unspecified atom stereocenters. The van der Waals surface area contributed by atoms with E-state index in [0.29, 0.717) is 22.1 Å². The Morgan fingerprint density at radius 3 is 2.45 bits per heavy atom. The van der Waals surface area contributed by atoms with Gasteiger partial charge in [0.05, 0.1) is 6.10 Å². The molecule has 0 heterocycles. The van der Waals surface area contributed by atoms with Gasteiger partial charge >= 0.3 is 0 Å². The standard InChI is InChI=1S/C20H33ClO/c1-12-10-13-4-5-14-15-6-7-18(21)19(15,2)9-8-16(14)20(13,3)11-17(12)22/h12-18,22H,4-11H2,1-3H3/t12?,13?,14-,15-,16+,17?,18?,19-,20-/m0/s1. The quantitative estimate of drug-likeness (QED) is 0.604. The average Bonchev–Trinajstić information content (AvgIpc) is 2.77. The summed E-state index contributed by atoms with van der Waals surface area (Å²) in [5.74, 6) is 3.92. The van der Waals surface area contributed by atoms with Crippen molar-refractivity contribution in [2.75, 3.05) is 0 Å². The first kappa shape index (κ1) is 15.8. The van der Waals surface area contributed by atoms with Crippen molar-refractivity contribution < 1.29 is 5.11 Å². The highest BCUT2D eigenvalue weighted by atomic mass is 35.5. The van der Waals surface area contributed by atoms with Crippen LogP contribution in [0, 0.1) is 40.4 Å². The van der Waals surface area contributed by atoms with Gasteiger partial charge in [-0.3, -0.25) is 0 Å². The summed E-state index contributed by atoms with van der Waals surface area (Å²) in [5, 5.41) is 10.9. The van der Waals surface area contributed by atoms with Crippen molar-refractivity contribution in [1.82, 2.24) is 0 Å². The monoisotopic (exact) mass is 324 g/mol. The second-order valence-corrected chi connectivity index (χ2v) is 10.3. The van der Waals surface area contributed by atoms with E-state index >= 15 is 0 Å². The Bertz CT molecular complexity index is 451. The molecule has 1 nitrogen and oxygen atoms in total. The number of hydrogen-bond donors (Lipinski definition) is 1. The Labute approximate surface area is 141 Å². The molecule has 4 aliphatic rings. The summed E-state index contributed by atoms with van der Waals surface area (Å²) < 4.78 is 0. The minimum absolute atomic E-state index is 0.0716. The lowest BCUT2D eigenvalue weighted by Gasteiger charge is -2.61. The molecule has 2 heteroatoms. The first-order chi connectivity index (χ1) is 10.4. The van der Waals surface area contributed by atoms with Crippen LogP contribution in [0.25, 0.3) is 0 Å². The van der Waals surface area contributed by atoms with Crippen LogP contribution >= 0.6 is 11.6 Å². The van der Waals surface area contributed by atoms with Gasteiger partial charge in [-0.2, -0.15) is 0 Å². The lowest BCUT2D eigenvalue weighted by Crippen LogP contribution is -2.55. The fourth-order valence-electron chi connectivity index (χ4n) is 7.43. The summed E-state index contributed by atoms with van der Waals surface area (Å²) in [6.45, 7) is 7.26. The molecule has 0 spiro atoms. The Morgan fingerprint density at radius 1 is 0.955 bits per heavy atom. The molecule has 0 bridgehead atoms. The second-order valence-electron chi connectivity index (χ2n) is 9.73. The number of alkyl halides is 1. The molecule has 1 N–H and O–H groups in total. The molecule has 0 aliphatic heterocycles. The van der Waals surface area contributed by atoms with Crippen LogP contribution in [-0.4, -0.2) is 16.6 Å². The zero-order valence-electron chi connectivity index (χ0n) is 14.5. The molecule has 4 fully saturated rings. The maximum absolute atomic E-state index is 10.5. The summed E-state index contributed by atoms with van der Waals surface area (Å²) in [6.07, 6.45) is 10.3. The van der Waals surface area contributed by atoms with E-state index in [0.717, 1.165) is 30.1 Å². The maximum Gasteiger partial charge on any atom is 0.0571 e. The van der Waals surface area contributed by atoms with Crippen LogP contribution in [0.4, 0.5) is 0 Å². The van der Waals surface area contributed by atoms with Crippen LogP contribution in [0.1, 0.15) is 72.1 Å². The van der Waals surface area contributed by atoms with Crippen molar-refractivity contribution in [1.29, 1.82) is 0 Å². The highest BCUT2D eigenvalue weighted by molar-refractivity contribution is 6.21. The zero-order chi connectivity index (χ0) is 15.7. The van der Waals surface area contributed by atoms with Crippen molar-refractivity contribution in [2.24, 2.45) is 40.4 Å². The van der Waals surface area contributed by atoms with Crippen molar-refractivity contribution in [2.45, 2.75) is 83.6 Å². The Hall–Kier alpha value is 0.250. The number of rotatable bonds is 0. The van der Waals surface area contributed by atoms with E-state index in [9.17, 15) is 5.11 Å². The molecule has 0 aromatic carbocycles. The third-order valence-electron chi connectivity index (χ3n) is 8.91. The number of hydrogen-bond acceptors (Lipinski definition) is 1. The summed E-state index contributed by atoms with van der Waals surface area (Å²) in [5.41, 5.74) is 0.785. The fraction of sp³-hybridized carbons (Fsp3) is 1.00. The molecule has 4 aliphatic carbocycles. The van der Waals surface area contributed by atoms with E-state index in [1.165, 1.54) is 44.9 Å². The van der Waals surface area contributed by atoms with E-state index < -0.39 is 0 Å². The first-order valence-electron chi connectivity index (χ1n) is 9.68. The van der Waals surface area contributed by atoms with Crippen LogP contribution in [0.2, 0.25) is 0 Å². The van der Waals surface area contributed by atoms with Crippen LogP contribution < -0.4 is 0 Å². The van der Waals surface area contributed by atoms with Gasteiger partial charge in [-0.15, -0.1) is 11.6 Å². The number of aliphatic hydroxyl groups excluding tert-OH is 1. The largest absolute Gasteiger partial charge is 0.393 e. The van der Waals surface area contributed by atoms with Gasteiger partial charge in [-0.1, -0.05) is 20.8 Å². The second kappa shape index (κ2) is 5.12.